The molecule has 2 aromatic rings. The van der Waals surface area contributed by atoms with Crippen LogP contribution >= 0.6 is 11.3 Å². The molecular weight excluding hydrogens is 318 g/mol. The molecule has 1 saturated heterocycles. The number of rotatable bonds is 6. The Morgan fingerprint density at radius 1 is 1.22 bits per heavy atom. The molecule has 2 atom stereocenters. The molecule has 23 heavy (non-hydrogen) atoms. The molecule has 1 N–H and O–H groups in total. The Balaban J connectivity index is 1.71. The van der Waals surface area contributed by atoms with Crippen LogP contribution in [0.1, 0.15) is 23.5 Å². The number of thiophene rings is 1. The summed E-state index contributed by atoms with van der Waals surface area (Å²) in [5, 5.41) is 11.0. The monoisotopic (exact) mass is 335 g/mol. The van der Waals surface area contributed by atoms with Crippen LogP contribution in [-0.4, -0.2) is 34.1 Å². The number of hydrogen-bond acceptors (Lipinski definition) is 5. The summed E-state index contributed by atoms with van der Waals surface area (Å²) in [7, 11) is 0. The fraction of sp³-hybridized carbons (Fsp3) is 0.375. The van der Waals surface area contributed by atoms with Gasteiger partial charge in [0, 0.05) is 4.88 Å². The number of ether oxygens (including phenoxy) is 1. The SMILES string of the molecule is O=C(O)[C@H]1CC[C@@H](C(=O)N(Cc2ccco2)Cc2cccs2)O1. The van der Waals surface area contributed by atoms with Crippen molar-refractivity contribution in [3.8, 4) is 0 Å². The van der Waals surface area contributed by atoms with Gasteiger partial charge in [-0.05, 0) is 36.4 Å². The van der Waals surface area contributed by atoms with E-state index in [9.17, 15) is 9.59 Å². The molecule has 2 aromatic heterocycles. The second-order valence-electron chi connectivity index (χ2n) is 5.38. The fourth-order valence-electron chi connectivity index (χ4n) is 2.60. The number of carbonyl (C=O) groups is 2. The largest absolute Gasteiger partial charge is 0.479 e. The number of carboxylic acids is 1. The molecule has 0 aromatic carbocycles. The molecule has 1 fully saturated rings. The van der Waals surface area contributed by atoms with Gasteiger partial charge in [-0.2, -0.15) is 0 Å². The van der Waals surface area contributed by atoms with Crippen LogP contribution in [0.2, 0.25) is 0 Å². The first-order valence-electron chi connectivity index (χ1n) is 7.35. The van der Waals surface area contributed by atoms with E-state index < -0.39 is 18.2 Å². The maximum absolute atomic E-state index is 12.7. The van der Waals surface area contributed by atoms with Crippen molar-refractivity contribution < 1.29 is 23.8 Å². The van der Waals surface area contributed by atoms with Gasteiger partial charge in [-0.15, -0.1) is 11.3 Å². The second-order valence-corrected chi connectivity index (χ2v) is 6.41. The van der Waals surface area contributed by atoms with Gasteiger partial charge in [0.15, 0.2) is 6.10 Å². The molecule has 1 aliphatic heterocycles. The lowest BCUT2D eigenvalue weighted by Crippen LogP contribution is -2.38. The standard InChI is InChI=1S/C16H17NO5S/c18-15(13-5-6-14(22-13)16(19)20)17(9-11-3-1-7-21-11)10-12-4-2-8-23-12/h1-4,7-8,13-14H,5-6,9-10H2,(H,19,20)/t13-,14+/m0/s1. The van der Waals surface area contributed by atoms with Gasteiger partial charge < -0.3 is 19.2 Å². The van der Waals surface area contributed by atoms with E-state index in [2.05, 4.69) is 0 Å². The first-order valence-corrected chi connectivity index (χ1v) is 8.23. The van der Waals surface area contributed by atoms with Crippen LogP contribution in [0, 0.1) is 0 Å². The van der Waals surface area contributed by atoms with E-state index in [4.69, 9.17) is 14.3 Å². The molecule has 122 valence electrons. The number of aliphatic carboxylic acids is 1. The Hall–Kier alpha value is -2.12. The predicted molar refractivity (Wildman–Crippen MR) is 82.8 cm³/mol. The smallest absolute Gasteiger partial charge is 0.332 e. The fourth-order valence-corrected chi connectivity index (χ4v) is 3.32. The van der Waals surface area contributed by atoms with Crippen LogP contribution in [0.5, 0.6) is 0 Å². The van der Waals surface area contributed by atoms with Crippen molar-refractivity contribution in [3.63, 3.8) is 0 Å². The topological polar surface area (TPSA) is 80.0 Å². The third kappa shape index (κ3) is 3.80. The lowest BCUT2D eigenvalue weighted by Gasteiger charge is -2.24. The van der Waals surface area contributed by atoms with Gasteiger partial charge in [0.2, 0.25) is 0 Å². The third-order valence-corrected chi connectivity index (χ3v) is 4.60. The minimum atomic E-state index is -1.02. The summed E-state index contributed by atoms with van der Waals surface area (Å²) in [5.41, 5.74) is 0. The predicted octanol–water partition coefficient (Wildman–Crippen LogP) is 2.50. The van der Waals surface area contributed by atoms with Crippen LogP contribution in [0.4, 0.5) is 0 Å². The van der Waals surface area contributed by atoms with Gasteiger partial charge >= 0.3 is 5.97 Å². The van der Waals surface area contributed by atoms with Crippen LogP contribution in [0.3, 0.4) is 0 Å². The van der Waals surface area contributed by atoms with E-state index in [1.807, 2.05) is 23.6 Å². The number of carboxylic acid groups (broad SMARTS) is 1. The molecular formula is C16H17NO5S. The highest BCUT2D eigenvalue weighted by atomic mass is 32.1. The molecule has 1 amide bonds. The zero-order chi connectivity index (χ0) is 16.2. The van der Waals surface area contributed by atoms with Crippen molar-refractivity contribution in [2.24, 2.45) is 0 Å². The molecule has 3 rings (SSSR count). The maximum Gasteiger partial charge on any atom is 0.332 e. The van der Waals surface area contributed by atoms with Crippen molar-refractivity contribution in [1.82, 2.24) is 4.90 Å². The first kappa shape index (κ1) is 15.8. The average Bonchev–Trinajstić information content (AvgIpc) is 3.28. The highest BCUT2D eigenvalue weighted by Crippen LogP contribution is 2.24. The van der Waals surface area contributed by atoms with Gasteiger partial charge in [-0.1, -0.05) is 6.07 Å². The van der Waals surface area contributed by atoms with Crippen molar-refractivity contribution in [2.45, 2.75) is 38.1 Å². The van der Waals surface area contributed by atoms with Crippen LogP contribution < -0.4 is 0 Å². The van der Waals surface area contributed by atoms with Crippen molar-refractivity contribution in [3.05, 3.63) is 46.5 Å². The quantitative estimate of drug-likeness (QED) is 0.877. The number of nitrogens with zero attached hydrogens (tertiary/aromatic N) is 1. The van der Waals surface area contributed by atoms with E-state index in [0.717, 1.165) is 4.88 Å². The van der Waals surface area contributed by atoms with Gasteiger partial charge in [0.05, 0.1) is 19.4 Å². The molecule has 1 aliphatic rings. The minimum absolute atomic E-state index is 0.196. The van der Waals surface area contributed by atoms with E-state index in [-0.39, 0.29) is 5.91 Å². The Kier molecular flexibility index (Phi) is 4.78. The Labute approximate surface area is 137 Å². The summed E-state index contributed by atoms with van der Waals surface area (Å²) in [4.78, 5) is 26.4. The summed E-state index contributed by atoms with van der Waals surface area (Å²) < 4.78 is 10.7. The highest BCUT2D eigenvalue weighted by Gasteiger charge is 2.37. The summed E-state index contributed by atoms with van der Waals surface area (Å²) >= 11 is 1.57. The zero-order valence-corrected chi connectivity index (χ0v) is 13.2. The van der Waals surface area contributed by atoms with Gasteiger partial charge in [0.25, 0.3) is 5.91 Å². The lowest BCUT2D eigenvalue weighted by atomic mass is 10.1. The van der Waals surface area contributed by atoms with E-state index in [1.54, 1.807) is 28.6 Å². The molecule has 0 spiro atoms. The molecule has 0 aliphatic carbocycles. The summed E-state index contributed by atoms with van der Waals surface area (Å²) in [6, 6.07) is 7.48. The van der Waals surface area contributed by atoms with Gasteiger partial charge in [0.1, 0.15) is 11.9 Å². The molecule has 0 unspecified atom stereocenters. The summed E-state index contributed by atoms with van der Waals surface area (Å²) in [5.74, 6) is -0.530. The Morgan fingerprint density at radius 2 is 2.04 bits per heavy atom. The maximum atomic E-state index is 12.7. The summed E-state index contributed by atoms with van der Waals surface area (Å²) in [6.07, 6.45) is 0.756. The average molecular weight is 335 g/mol. The third-order valence-electron chi connectivity index (χ3n) is 3.74. The summed E-state index contributed by atoms with van der Waals surface area (Å²) in [6.45, 7) is 0.788. The highest BCUT2D eigenvalue weighted by molar-refractivity contribution is 7.09. The normalized spacial score (nSPS) is 20.5. The molecule has 0 radical (unpaired) electrons. The van der Waals surface area contributed by atoms with Crippen LogP contribution in [0.25, 0.3) is 0 Å². The number of furan rings is 1. The Morgan fingerprint density at radius 3 is 2.65 bits per heavy atom. The first-order chi connectivity index (χ1) is 11.1. The molecule has 3 heterocycles. The van der Waals surface area contributed by atoms with Crippen molar-refractivity contribution in [1.29, 1.82) is 0 Å². The second kappa shape index (κ2) is 6.97. The van der Waals surface area contributed by atoms with Crippen LogP contribution in [-0.2, 0) is 27.4 Å². The van der Waals surface area contributed by atoms with E-state index >= 15 is 0 Å². The van der Waals surface area contributed by atoms with Crippen LogP contribution in [0.15, 0.2) is 40.3 Å². The molecule has 7 heteroatoms. The number of amides is 1. The zero-order valence-electron chi connectivity index (χ0n) is 12.4. The van der Waals surface area contributed by atoms with Crippen molar-refractivity contribution in [2.75, 3.05) is 0 Å². The lowest BCUT2D eigenvalue weighted by molar-refractivity contribution is -0.155. The van der Waals surface area contributed by atoms with E-state index in [0.29, 0.717) is 31.7 Å². The van der Waals surface area contributed by atoms with Gasteiger partial charge in [-0.25, -0.2) is 4.79 Å². The molecule has 0 saturated carbocycles. The minimum Gasteiger partial charge on any atom is -0.479 e. The van der Waals surface area contributed by atoms with Gasteiger partial charge in [-0.3, -0.25) is 4.79 Å². The molecule has 6 nitrogen and oxygen atoms in total. The number of carbonyl (C=O) groups excluding carboxylic acids is 1. The van der Waals surface area contributed by atoms with Crippen molar-refractivity contribution >= 4 is 23.2 Å². The Bertz CT molecular complexity index is 616. The number of hydrogen-bond donors (Lipinski definition) is 1. The molecule has 0 bridgehead atoms. The van der Waals surface area contributed by atoms with E-state index in [1.165, 1.54) is 0 Å².